The Hall–Kier alpha value is -1.43. The molecule has 6 nitrogen and oxygen atoms in total. The number of carbonyl (C=O) groups excluding carboxylic acids is 1. The first kappa shape index (κ1) is 13.6. The Morgan fingerprint density at radius 3 is 2.71 bits per heavy atom. The van der Waals surface area contributed by atoms with Crippen LogP contribution in [-0.2, 0) is 18.4 Å². The van der Waals surface area contributed by atoms with Crippen molar-refractivity contribution in [2.24, 2.45) is 7.05 Å². The molecule has 1 aromatic rings. The van der Waals surface area contributed by atoms with Gasteiger partial charge in [-0.2, -0.15) is 0 Å². The Kier molecular flexibility index (Phi) is 4.62. The first-order valence-electron chi connectivity index (χ1n) is 5.73. The fourth-order valence-corrected chi connectivity index (χ4v) is 1.28. The Morgan fingerprint density at radius 2 is 2.18 bits per heavy atom. The highest BCUT2D eigenvalue weighted by molar-refractivity contribution is 5.75. The van der Waals surface area contributed by atoms with E-state index in [2.05, 4.69) is 41.6 Å². The van der Waals surface area contributed by atoms with Gasteiger partial charge in [-0.3, -0.25) is 4.79 Å². The standard InChI is InChI=1S/C11H21N5O/c1-11(2,3)13-6-5-10(17)12-7-9-15-14-8-16(9)4/h8,13H,5-7H2,1-4H3,(H,12,17). The van der Waals surface area contributed by atoms with Crippen molar-refractivity contribution in [3.05, 3.63) is 12.2 Å². The maximum absolute atomic E-state index is 11.5. The van der Waals surface area contributed by atoms with Gasteiger partial charge in [0.2, 0.25) is 5.91 Å². The predicted octanol–water partition coefficient (Wildman–Crippen LogP) is 0.210. The lowest BCUT2D eigenvalue weighted by Crippen LogP contribution is -2.38. The van der Waals surface area contributed by atoms with Gasteiger partial charge in [-0.25, -0.2) is 0 Å². The number of nitrogens with zero attached hydrogens (tertiary/aromatic N) is 3. The van der Waals surface area contributed by atoms with Crippen molar-refractivity contribution < 1.29 is 4.79 Å². The topological polar surface area (TPSA) is 71.8 Å². The van der Waals surface area contributed by atoms with Crippen LogP contribution in [0.1, 0.15) is 33.0 Å². The molecule has 0 aliphatic rings. The lowest BCUT2D eigenvalue weighted by Gasteiger charge is -2.20. The van der Waals surface area contributed by atoms with E-state index in [0.29, 0.717) is 19.5 Å². The van der Waals surface area contributed by atoms with Crippen LogP contribution < -0.4 is 10.6 Å². The molecular weight excluding hydrogens is 218 g/mol. The molecule has 2 N–H and O–H groups in total. The second-order valence-electron chi connectivity index (χ2n) is 5.06. The van der Waals surface area contributed by atoms with Crippen molar-refractivity contribution >= 4 is 5.91 Å². The minimum atomic E-state index is 0.0183. The normalized spacial score (nSPS) is 11.5. The molecule has 1 aromatic heterocycles. The summed E-state index contributed by atoms with van der Waals surface area (Å²) in [5.41, 5.74) is 0.0455. The highest BCUT2D eigenvalue weighted by atomic mass is 16.1. The third-order valence-corrected chi connectivity index (χ3v) is 2.26. The Labute approximate surface area is 102 Å². The number of aryl methyl sites for hydroxylation is 1. The summed E-state index contributed by atoms with van der Waals surface area (Å²) in [6.45, 7) is 7.32. The first-order valence-corrected chi connectivity index (χ1v) is 5.73. The second kappa shape index (κ2) is 5.77. The van der Waals surface area contributed by atoms with Crippen LogP contribution in [0.3, 0.4) is 0 Å². The molecule has 0 aliphatic carbocycles. The Morgan fingerprint density at radius 1 is 1.47 bits per heavy atom. The highest BCUT2D eigenvalue weighted by Crippen LogP contribution is 1.98. The molecule has 0 aliphatic heterocycles. The smallest absolute Gasteiger partial charge is 0.221 e. The molecule has 0 fully saturated rings. The van der Waals surface area contributed by atoms with Crippen LogP contribution in [0.15, 0.2) is 6.33 Å². The zero-order valence-corrected chi connectivity index (χ0v) is 10.9. The molecule has 96 valence electrons. The van der Waals surface area contributed by atoms with Gasteiger partial charge in [0.1, 0.15) is 6.33 Å². The third kappa shape index (κ3) is 5.44. The molecule has 0 radical (unpaired) electrons. The summed E-state index contributed by atoms with van der Waals surface area (Å²) >= 11 is 0. The fraction of sp³-hybridized carbons (Fsp3) is 0.727. The van der Waals surface area contributed by atoms with E-state index in [1.165, 1.54) is 0 Å². The minimum Gasteiger partial charge on any atom is -0.349 e. The van der Waals surface area contributed by atoms with E-state index in [1.807, 2.05) is 7.05 Å². The Bertz CT molecular complexity index is 366. The van der Waals surface area contributed by atoms with Gasteiger partial charge in [0.15, 0.2) is 5.82 Å². The maximum atomic E-state index is 11.5. The quantitative estimate of drug-likeness (QED) is 0.770. The van der Waals surface area contributed by atoms with E-state index in [-0.39, 0.29) is 11.4 Å². The van der Waals surface area contributed by atoms with Gasteiger partial charge in [0, 0.05) is 25.6 Å². The number of rotatable bonds is 5. The van der Waals surface area contributed by atoms with E-state index < -0.39 is 0 Å². The Balaban J connectivity index is 2.20. The third-order valence-electron chi connectivity index (χ3n) is 2.26. The molecule has 6 heteroatoms. The molecule has 0 saturated carbocycles. The largest absolute Gasteiger partial charge is 0.349 e. The van der Waals surface area contributed by atoms with Crippen LogP contribution in [0.25, 0.3) is 0 Å². The van der Waals surface area contributed by atoms with E-state index in [9.17, 15) is 4.79 Å². The molecule has 0 bridgehead atoms. The first-order chi connectivity index (χ1) is 7.88. The summed E-state index contributed by atoms with van der Waals surface area (Å²) in [6, 6.07) is 0. The van der Waals surface area contributed by atoms with Gasteiger partial charge in [0.05, 0.1) is 6.54 Å². The summed E-state index contributed by atoms with van der Waals surface area (Å²) in [4.78, 5) is 11.5. The molecule has 1 rings (SSSR count). The number of hydrogen-bond acceptors (Lipinski definition) is 4. The molecule has 17 heavy (non-hydrogen) atoms. The fourth-order valence-electron chi connectivity index (χ4n) is 1.28. The van der Waals surface area contributed by atoms with Crippen molar-refractivity contribution in [3.63, 3.8) is 0 Å². The molecule has 0 saturated heterocycles. The second-order valence-corrected chi connectivity index (χ2v) is 5.06. The number of nitrogens with one attached hydrogen (secondary N) is 2. The van der Waals surface area contributed by atoms with Crippen LogP contribution in [-0.4, -0.2) is 32.8 Å². The van der Waals surface area contributed by atoms with Crippen LogP contribution in [0, 0.1) is 0 Å². The molecule has 0 aromatic carbocycles. The van der Waals surface area contributed by atoms with Gasteiger partial charge >= 0.3 is 0 Å². The van der Waals surface area contributed by atoms with Gasteiger partial charge in [-0.15, -0.1) is 10.2 Å². The van der Waals surface area contributed by atoms with Crippen molar-refractivity contribution in [3.8, 4) is 0 Å². The lowest BCUT2D eigenvalue weighted by atomic mass is 10.1. The summed E-state index contributed by atoms with van der Waals surface area (Å²) in [5.74, 6) is 0.770. The molecular formula is C11H21N5O. The van der Waals surface area contributed by atoms with Crippen LogP contribution in [0.2, 0.25) is 0 Å². The minimum absolute atomic E-state index is 0.0183. The number of hydrogen-bond donors (Lipinski definition) is 2. The molecule has 0 unspecified atom stereocenters. The summed E-state index contributed by atoms with van der Waals surface area (Å²) in [5, 5.41) is 13.7. The summed E-state index contributed by atoms with van der Waals surface area (Å²) in [6.07, 6.45) is 2.08. The highest BCUT2D eigenvalue weighted by Gasteiger charge is 2.09. The van der Waals surface area contributed by atoms with Crippen molar-refractivity contribution in [1.29, 1.82) is 0 Å². The molecule has 0 spiro atoms. The number of amides is 1. The van der Waals surface area contributed by atoms with Gasteiger partial charge in [-0.1, -0.05) is 0 Å². The van der Waals surface area contributed by atoms with Crippen LogP contribution in [0.4, 0.5) is 0 Å². The van der Waals surface area contributed by atoms with E-state index in [1.54, 1.807) is 10.9 Å². The van der Waals surface area contributed by atoms with Gasteiger partial charge in [-0.05, 0) is 20.8 Å². The van der Waals surface area contributed by atoms with Gasteiger partial charge < -0.3 is 15.2 Å². The molecule has 0 atom stereocenters. The predicted molar refractivity (Wildman–Crippen MR) is 65.2 cm³/mol. The van der Waals surface area contributed by atoms with Crippen molar-refractivity contribution in [2.75, 3.05) is 6.54 Å². The zero-order chi connectivity index (χ0) is 12.9. The van der Waals surface area contributed by atoms with E-state index >= 15 is 0 Å². The maximum Gasteiger partial charge on any atom is 0.221 e. The van der Waals surface area contributed by atoms with E-state index in [4.69, 9.17) is 0 Å². The van der Waals surface area contributed by atoms with E-state index in [0.717, 1.165) is 5.82 Å². The number of aromatic nitrogens is 3. The number of carbonyl (C=O) groups is 1. The summed E-state index contributed by atoms with van der Waals surface area (Å²) in [7, 11) is 1.85. The summed E-state index contributed by atoms with van der Waals surface area (Å²) < 4.78 is 1.79. The monoisotopic (exact) mass is 239 g/mol. The average Bonchev–Trinajstić information content (AvgIpc) is 2.59. The average molecular weight is 239 g/mol. The van der Waals surface area contributed by atoms with Gasteiger partial charge in [0.25, 0.3) is 0 Å². The SMILES string of the molecule is Cn1cnnc1CNC(=O)CCNC(C)(C)C. The van der Waals surface area contributed by atoms with Crippen LogP contribution in [0.5, 0.6) is 0 Å². The molecule has 1 heterocycles. The lowest BCUT2D eigenvalue weighted by molar-refractivity contribution is -0.121. The van der Waals surface area contributed by atoms with Crippen molar-refractivity contribution in [2.45, 2.75) is 39.3 Å². The van der Waals surface area contributed by atoms with Crippen molar-refractivity contribution in [1.82, 2.24) is 25.4 Å². The zero-order valence-electron chi connectivity index (χ0n) is 10.9. The molecule has 1 amide bonds. The van der Waals surface area contributed by atoms with Crippen LogP contribution >= 0.6 is 0 Å².